The van der Waals surface area contributed by atoms with Gasteiger partial charge in [0.15, 0.2) is 11.4 Å². The number of likely N-dealkylation sites (tertiary alicyclic amines) is 1. The Morgan fingerprint density at radius 1 is 1.04 bits per heavy atom. The number of ether oxygens (including phenoxy) is 1. The number of aryl methyl sites for hydroxylation is 2. The summed E-state index contributed by atoms with van der Waals surface area (Å²) in [4.78, 5) is 74.4. The van der Waals surface area contributed by atoms with E-state index in [2.05, 4.69) is 15.8 Å². The van der Waals surface area contributed by atoms with E-state index in [1.165, 1.54) is 4.90 Å². The molecule has 0 radical (unpaired) electrons. The van der Waals surface area contributed by atoms with Crippen molar-refractivity contribution in [2.24, 2.45) is 16.0 Å². The quantitative estimate of drug-likeness (QED) is 0.314. The minimum atomic E-state index is -1.02. The molecule has 1 saturated heterocycles. The number of hydrogen-bond acceptors (Lipinski definition) is 8. The zero-order valence-electron chi connectivity index (χ0n) is 30.1. The van der Waals surface area contributed by atoms with Crippen molar-refractivity contribution in [3.63, 3.8) is 0 Å². The lowest BCUT2D eigenvalue weighted by Gasteiger charge is -2.36. The number of carbonyl (C=O) groups is 5. The SMILES string of the molecule is CCC[C@H](NC(=O)[C@@H]1C[C@]2(CC(c3cc(C)c(OC)c(C)c3)=NO2)CN1C(=O)[C@@H](NC(=O)CC(C)(C)C)C(C)(C)C)C(=O)C(=O)CC. The largest absolute Gasteiger partial charge is 0.496 e. The van der Waals surface area contributed by atoms with Crippen LogP contribution < -0.4 is 15.4 Å². The van der Waals surface area contributed by atoms with E-state index in [-0.39, 0.29) is 43.6 Å². The number of rotatable bonds is 12. The number of methoxy groups -OCH3 is 1. The van der Waals surface area contributed by atoms with Gasteiger partial charge in [-0.25, -0.2) is 0 Å². The number of benzene rings is 1. The minimum Gasteiger partial charge on any atom is -0.496 e. The van der Waals surface area contributed by atoms with Gasteiger partial charge in [0.1, 0.15) is 17.8 Å². The smallest absolute Gasteiger partial charge is 0.246 e. The molecule has 2 N–H and O–H groups in total. The maximum Gasteiger partial charge on any atom is 0.246 e. The fourth-order valence-electron chi connectivity index (χ4n) is 6.43. The summed E-state index contributed by atoms with van der Waals surface area (Å²) in [7, 11) is 1.63. The molecule has 0 aromatic heterocycles. The number of Topliss-reactive ketones (excluding diaryl/α,β-unsaturated/α-hetero) is 2. The molecule has 0 bridgehead atoms. The summed E-state index contributed by atoms with van der Waals surface area (Å²) in [6, 6.07) is 0.985. The summed E-state index contributed by atoms with van der Waals surface area (Å²) in [6.45, 7) is 18.9. The molecule has 1 spiro atoms. The van der Waals surface area contributed by atoms with E-state index in [0.29, 0.717) is 18.6 Å². The zero-order chi connectivity index (χ0) is 35.5. The average Bonchev–Trinajstić information content (AvgIpc) is 3.56. The third kappa shape index (κ3) is 8.99. The van der Waals surface area contributed by atoms with Crippen LogP contribution in [-0.2, 0) is 28.8 Å². The van der Waals surface area contributed by atoms with Crippen LogP contribution in [0.5, 0.6) is 5.75 Å². The highest BCUT2D eigenvalue weighted by atomic mass is 16.7. The molecule has 1 fully saturated rings. The third-order valence-corrected chi connectivity index (χ3v) is 8.74. The van der Waals surface area contributed by atoms with Gasteiger partial charge in [-0.15, -0.1) is 0 Å². The van der Waals surface area contributed by atoms with Gasteiger partial charge in [-0.05, 0) is 54.4 Å². The molecule has 2 aliphatic heterocycles. The Morgan fingerprint density at radius 2 is 1.66 bits per heavy atom. The summed E-state index contributed by atoms with van der Waals surface area (Å²) in [6.07, 6.45) is 1.56. The predicted molar refractivity (Wildman–Crippen MR) is 180 cm³/mol. The molecular weight excluding hydrogens is 600 g/mol. The molecule has 0 aliphatic carbocycles. The maximum atomic E-state index is 14.5. The second kappa shape index (κ2) is 14.6. The third-order valence-electron chi connectivity index (χ3n) is 8.74. The van der Waals surface area contributed by atoms with Crippen LogP contribution in [0.2, 0.25) is 0 Å². The summed E-state index contributed by atoms with van der Waals surface area (Å²) in [5, 5.41) is 10.2. The van der Waals surface area contributed by atoms with E-state index < -0.39 is 52.5 Å². The van der Waals surface area contributed by atoms with E-state index in [0.717, 1.165) is 22.4 Å². The molecule has 2 aliphatic rings. The van der Waals surface area contributed by atoms with Crippen molar-refractivity contribution in [3.8, 4) is 5.75 Å². The van der Waals surface area contributed by atoms with Gasteiger partial charge in [-0.3, -0.25) is 24.0 Å². The van der Waals surface area contributed by atoms with Crippen molar-refractivity contribution in [3.05, 3.63) is 28.8 Å². The summed E-state index contributed by atoms with van der Waals surface area (Å²) < 4.78 is 5.52. The van der Waals surface area contributed by atoms with Gasteiger partial charge < -0.3 is 25.1 Å². The first-order chi connectivity index (χ1) is 21.8. The lowest BCUT2D eigenvalue weighted by Crippen LogP contribution is -2.59. The molecule has 0 saturated carbocycles. The highest BCUT2D eigenvalue weighted by Crippen LogP contribution is 2.41. The second-order valence-corrected chi connectivity index (χ2v) is 15.4. The summed E-state index contributed by atoms with van der Waals surface area (Å²) in [5.74, 6) is -1.66. The Bertz CT molecular complexity index is 1400. The summed E-state index contributed by atoms with van der Waals surface area (Å²) in [5.41, 5.74) is 1.44. The van der Waals surface area contributed by atoms with E-state index in [4.69, 9.17) is 9.57 Å². The molecule has 2 heterocycles. The summed E-state index contributed by atoms with van der Waals surface area (Å²) >= 11 is 0. The van der Waals surface area contributed by atoms with Gasteiger partial charge >= 0.3 is 0 Å². The number of carbonyl (C=O) groups excluding carboxylic acids is 5. The van der Waals surface area contributed by atoms with Crippen LogP contribution in [0.25, 0.3) is 0 Å². The highest BCUT2D eigenvalue weighted by molar-refractivity contribution is 6.39. The molecule has 1 aromatic carbocycles. The first kappa shape index (κ1) is 37.7. The van der Waals surface area contributed by atoms with Crippen LogP contribution in [0.4, 0.5) is 0 Å². The number of nitrogens with zero attached hydrogens (tertiary/aromatic N) is 2. The number of amides is 3. The predicted octanol–water partition coefficient (Wildman–Crippen LogP) is 4.58. The second-order valence-electron chi connectivity index (χ2n) is 15.4. The first-order valence-electron chi connectivity index (χ1n) is 16.6. The molecule has 1 aromatic rings. The molecule has 11 heteroatoms. The molecule has 3 rings (SSSR count). The van der Waals surface area contributed by atoms with E-state index in [9.17, 15) is 24.0 Å². The number of ketones is 2. The molecule has 3 amide bonds. The Balaban J connectivity index is 1.99. The lowest BCUT2D eigenvalue weighted by molar-refractivity contribution is -0.145. The Labute approximate surface area is 279 Å². The maximum absolute atomic E-state index is 14.5. The van der Waals surface area contributed by atoms with Gasteiger partial charge in [0.05, 0.1) is 25.4 Å². The van der Waals surface area contributed by atoms with Crippen LogP contribution in [-0.4, -0.2) is 77.3 Å². The fraction of sp³-hybridized carbons (Fsp3) is 0.667. The zero-order valence-corrected chi connectivity index (χ0v) is 30.1. The number of nitrogens with one attached hydrogen (secondary N) is 2. The fourth-order valence-corrected chi connectivity index (χ4v) is 6.43. The van der Waals surface area contributed by atoms with Gasteiger partial charge in [-0.1, -0.05) is 67.0 Å². The topological polar surface area (TPSA) is 143 Å². The molecule has 4 atom stereocenters. The monoisotopic (exact) mass is 654 g/mol. The Morgan fingerprint density at radius 3 is 2.17 bits per heavy atom. The Kier molecular flexibility index (Phi) is 11.7. The van der Waals surface area contributed by atoms with Crippen LogP contribution in [0, 0.1) is 24.7 Å². The van der Waals surface area contributed by atoms with Crippen molar-refractivity contribution >= 4 is 35.0 Å². The van der Waals surface area contributed by atoms with E-state index in [1.54, 1.807) is 14.0 Å². The standard InChI is InChI=1S/C36H54N4O7/c1-12-14-24(29(43)27(41)13-2)37-32(44)26-18-36(17-25(39-47-36)23-15-21(3)30(46-11)22(4)16-23)20-40(26)33(45)31(35(8,9)10)38-28(42)19-34(5,6)7/h15-16,24,26,31H,12-14,17-20H2,1-11H3,(H,37,44)(H,38,42)/t24-,26-,31+,36+/m0/s1. The number of hydrogen-bond donors (Lipinski definition) is 2. The normalized spacial score (nSPS) is 20.7. The Hall–Kier alpha value is -3.76. The molecule has 260 valence electrons. The van der Waals surface area contributed by atoms with Crippen LogP contribution in [0.1, 0.15) is 111 Å². The van der Waals surface area contributed by atoms with Crippen LogP contribution in [0.15, 0.2) is 17.3 Å². The molecule has 11 nitrogen and oxygen atoms in total. The van der Waals surface area contributed by atoms with Crippen molar-refractivity contribution < 1.29 is 33.5 Å². The highest BCUT2D eigenvalue weighted by Gasteiger charge is 2.55. The van der Waals surface area contributed by atoms with Gasteiger partial charge in [0, 0.05) is 31.2 Å². The van der Waals surface area contributed by atoms with Gasteiger partial charge in [-0.2, -0.15) is 0 Å². The average molecular weight is 655 g/mol. The minimum absolute atomic E-state index is 0.0336. The lowest BCUT2D eigenvalue weighted by atomic mass is 9.84. The number of oxime groups is 1. The van der Waals surface area contributed by atoms with Crippen LogP contribution in [0.3, 0.4) is 0 Å². The molecular formula is C36H54N4O7. The van der Waals surface area contributed by atoms with Crippen molar-refractivity contribution in [2.75, 3.05) is 13.7 Å². The molecule has 47 heavy (non-hydrogen) atoms. The van der Waals surface area contributed by atoms with Gasteiger partial charge in [0.25, 0.3) is 0 Å². The van der Waals surface area contributed by atoms with Crippen LogP contribution >= 0.6 is 0 Å². The first-order valence-corrected chi connectivity index (χ1v) is 16.6. The molecule has 0 unspecified atom stereocenters. The van der Waals surface area contributed by atoms with Crippen molar-refractivity contribution in [2.45, 2.75) is 131 Å². The van der Waals surface area contributed by atoms with Crippen molar-refractivity contribution in [1.29, 1.82) is 0 Å². The van der Waals surface area contributed by atoms with E-state index >= 15 is 0 Å². The van der Waals surface area contributed by atoms with Gasteiger partial charge in [0.2, 0.25) is 23.5 Å². The van der Waals surface area contributed by atoms with Crippen molar-refractivity contribution in [1.82, 2.24) is 15.5 Å². The van der Waals surface area contributed by atoms with E-state index in [1.807, 2.05) is 74.4 Å².